The smallest absolute Gasteiger partial charge is 0.271 e. The number of hydrogen-bond acceptors (Lipinski definition) is 5. The van der Waals surface area contributed by atoms with Gasteiger partial charge in [-0.05, 0) is 37.1 Å². The first-order valence-electron chi connectivity index (χ1n) is 7.55. The van der Waals surface area contributed by atoms with Gasteiger partial charge in [0.15, 0.2) is 0 Å². The zero-order chi connectivity index (χ0) is 17.5. The van der Waals surface area contributed by atoms with Crippen LogP contribution in [0.15, 0.2) is 42.5 Å². The number of rotatable bonds is 7. The summed E-state index contributed by atoms with van der Waals surface area (Å²) in [7, 11) is 0. The van der Waals surface area contributed by atoms with Gasteiger partial charge in [0, 0.05) is 24.2 Å². The number of nitro benzene ring substituents is 1. The highest BCUT2D eigenvalue weighted by Gasteiger charge is 2.09. The summed E-state index contributed by atoms with van der Waals surface area (Å²) in [6.45, 7) is 2.42. The van der Waals surface area contributed by atoms with Gasteiger partial charge in [-0.3, -0.25) is 14.9 Å². The molecule has 0 aromatic heterocycles. The third-order valence-corrected chi connectivity index (χ3v) is 3.36. The summed E-state index contributed by atoms with van der Waals surface area (Å²) in [5.74, 6) is 0.408. The number of nitrogen functional groups attached to an aromatic ring is 1. The maximum absolute atomic E-state index is 12.0. The van der Waals surface area contributed by atoms with Crippen LogP contribution in [-0.4, -0.2) is 17.4 Å². The molecule has 0 spiro atoms. The normalized spacial score (nSPS) is 10.2. The molecule has 2 aromatic rings. The molecule has 3 N–H and O–H groups in total. The lowest BCUT2D eigenvalue weighted by Gasteiger charge is -2.09. The average molecular weight is 329 g/mol. The maximum Gasteiger partial charge on any atom is 0.271 e. The summed E-state index contributed by atoms with van der Waals surface area (Å²) in [6, 6.07) is 11.3. The highest BCUT2D eigenvalue weighted by atomic mass is 16.6. The van der Waals surface area contributed by atoms with Crippen molar-refractivity contribution in [1.29, 1.82) is 0 Å². The molecule has 0 saturated carbocycles. The predicted molar refractivity (Wildman–Crippen MR) is 92.1 cm³/mol. The molecular weight excluding hydrogens is 310 g/mol. The Kier molecular flexibility index (Phi) is 5.73. The molecule has 2 aromatic carbocycles. The zero-order valence-electron chi connectivity index (χ0n) is 13.3. The number of carbonyl (C=O) groups excluding carboxylic acids is 1. The van der Waals surface area contributed by atoms with Gasteiger partial charge in [0.05, 0.1) is 17.2 Å². The van der Waals surface area contributed by atoms with Crippen LogP contribution in [0.4, 0.5) is 17.1 Å². The van der Waals surface area contributed by atoms with Gasteiger partial charge in [-0.25, -0.2) is 0 Å². The monoisotopic (exact) mass is 329 g/mol. The topological polar surface area (TPSA) is 107 Å². The van der Waals surface area contributed by atoms with Gasteiger partial charge in [0.2, 0.25) is 5.91 Å². The molecule has 24 heavy (non-hydrogen) atoms. The second-order valence-electron chi connectivity index (χ2n) is 5.16. The van der Waals surface area contributed by atoms with E-state index < -0.39 is 4.92 Å². The Bertz CT molecular complexity index is 746. The van der Waals surface area contributed by atoms with E-state index in [-0.39, 0.29) is 18.0 Å². The first kappa shape index (κ1) is 17.3. The first-order valence-corrected chi connectivity index (χ1v) is 7.55. The number of nitrogens with zero attached hydrogens (tertiary/aromatic N) is 1. The highest BCUT2D eigenvalue weighted by molar-refractivity contribution is 5.91. The Balaban J connectivity index is 1.92. The van der Waals surface area contributed by atoms with Gasteiger partial charge in [0.25, 0.3) is 5.69 Å². The lowest BCUT2D eigenvalue weighted by atomic mass is 10.1. The van der Waals surface area contributed by atoms with Crippen molar-refractivity contribution in [2.75, 3.05) is 17.7 Å². The quantitative estimate of drug-likeness (QED) is 0.461. The van der Waals surface area contributed by atoms with Gasteiger partial charge in [-0.15, -0.1) is 0 Å². The van der Waals surface area contributed by atoms with Gasteiger partial charge < -0.3 is 15.8 Å². The lowest BCUT2D eigenvalue weighted by Crippen LogP contribution is -2.12. The van der Waals surface area contributed by atoms with Crippen LogP contribution in [0.25, 0.3) is 0 Å². The minimum atomic E-state index is -0.502. The van der Waals surface area contributed by atoms with E-state index in [9.17, 15) is 14.9 Å². The molecule has 0 saturated heterocycles. The van der Waals surface area contributed by atoms with E-state index >= 15 is 0 Å². The Morgan fingerprint density at radius 3 is 2.75 bits per heavy atom. The molecule has 0 fully saturated rings. The number of non-ortho nitro benzene ring substituents is 1. The Labute approximate surface area is 139 Å². The number of carbonyl (C=O) groups is 1. The molecule has 0 aliphatic carbocycles. The summed E-state index contributed by atoms with van der Waals surface area (Å²) in [6.07, 6.45) is 0.757. The number of ether oxygens (including phenoxy) is 1. The number of nitro groups is 1. The number of amides is 1. The number of anilines is 2. The molecule has 0 aliphatic heterocycles. The molecule has 0 unspecified atom stereocenters. The summed E-state index contributed by atoms with van der Waals surface area (Å²) in [5, 5.41) is 13.4. The van der Waals surface area contributed by atoms with Crippen molar-refractivity contribution in [3.63, 3.8) is 0 Å². The van der Waals surface area contributed by atoms with Crippen molar-refractivity contribution >= 4 is 23.0 Å². The van der Waals surface area contributed by atoms with Crippen LogP contribution in [-0.2, 0) is 11.2 Å². The lowest BCUT2D eigenvalue weighted by molar-refractivity contribution is -0.384. The third-order valence-electron chi connectivity index (χ3n) is 3.36. The van der Waals surface area contributed by atoms with E-state index in [4.69, 9.17) is 10.5 Å². The summed E-state index contributed by atoms with van der Waals surface area (Å²) < 4.78 is 5.37. The number of hydrogen-bond donors (Lipinski definition) is 2. The average Bonchev–Trinajstić information content (AvgIpc) is 2.55. The van der Waals surface area contributed by atoms with Crippen molar-refractivity contribution in [2.24, 2.45) is 0 Å². The Morgan fingerprint density at radius 2 is 2.08 bits per heavy atom. The van der Waals surface area contributed by atoms with Crippen LogP contribution in [0.1, 0.15) is 18.9 Å². The summed E-state index contributed by atoms with van der Waals surface area (Å²) >= 11 is 0. The molecular formula is C17H19N3O4. The highest BCUT2D eigenvalue weighted by Crippen LogP contribution is 2.23. The van der Waals surface area contributed by atoms with E-state index in [0.717, 1.165) is 5.56 Å². The Hall–Kier alpha value is -3.09. The number of aryl methyl sites for hydroxylation is 1. The van der Waals surface area contributed by atoms with Crippen LogP contribution in [0.2, 0.25) is 0 Å². The fourth-order valence-corrected chi connectivity index (χ4v) is 2.22. The minimum absolute atomic E-state index is 0.0629. The van der Waals surface area contributed by atoms with E-state index in [1.807, 2.05) is 13.0 Å². The number of nitrogens with one attached hydrogen (secondary N) is 1. The van der Waals surface area contributed by atoms with Crippen LogP contribution < -0.4 is 15.8 Å². The second-order valence-corrected chi connectivity index (χ2v) is 5.16. The molecule has 7 nitrogen and oxygen atoms in total. The van der Waals surface area contributed by atoms with Crippen LogP contribution in [0, 0.1) is 10.1 Å². The van der Waals surface area contributed by atoms with Gasteiger partial charge in [-0.1, -0.05) is 12.1 Å². The van der Waals surface area contributed by atoms with Crippen LogP contribution in [0.5, 0.6) is 5.75 Å². The fourth-order valence-electron chi connectivity index (χ4n) is 2.22. The molecule has 0 radical (unpaired) electrons. The minimum Gasteiger partial charge on any atom is -0.492 e. The van der Waals surface area contributed by atoms with Crippen molar-refractivity contribution in [2.45, 2.75) is 19.8 Å². The first-order chi connectivity index (χ1) is 11.5. The molecule has 0 heterocycles. The molecule has 0 atom stereocenters. The summed E-state index contributed by atoms with van der Waals surface area (Å²) in [5.41, 5.74) is 7.69. The summed E-state index contributed by atoms with van der Waals surface area (Å²) in [4.78, 5) is 22.2. The van der Waals surface area contributed by atoms with Crippen LogP contribution >= 0.6 is 0 Å². The molecule has 7 heteroatoms. The maximum atomic E-state index is 12.0. The second kappa shape index (κ2) is 7.96. The fraction of sp³-hybridized carbons (Fsp3) is 0.235. The molecule has 126 valence electrons. The third kappa shape index (κ3) is 4.70. The van der Waals surface area contributed by atoms with Crippen molar-refractivity contribution in [3.05, 3.63) is 58.1 Å². The van der Waals surface area contributed by atoms with Crippen molar-refractivity contribution in [3.8, 4) is 5.75 Å². The predicted octanol–water partition coefficient (Wildman–Crippen LogP) is 3.15. The zero-order valence-corrected chi connectivity index (χ0v) is 13.3. The standard InChI is InChI=1S/C17H19N3O4/c1-2-24-16-8-6-12(10-15(16)18)7-9-17(21)19-13-4-3-5-14(11-13)20(22)23/h3-6,8,10-11H,2,7,9,18H2,1H3,(H,19,21). The van der Waals surface area contributed by atoms with Gasteiger partial charge >= 0.3 is 0 Å². The molecule has 1 amide bonds. The molecule has 2 rings (SSSR count). The van der Waals surface area contributed by atoms with Crippen LogP contribution in [0.3, 0.4) is 0 Å². The number of nitrogens with two attached hydrogens (primary N) is 1. The van der Waals surface area contributed by atoms with E-state index in [2.05, 4.69) is 5.32 Å². The largest absolute Gasteiger partial charge is 0.492 e. The molecule has 0 bridgehead atoms. The molecule has 0 aliphatic rings. The Morgan fingerprint density at radius 1 is 1.29 bits per heavy atom. The van der Waals surface area contributed by atoms with Gasteiger partial charge in [-0.2, -0.15) is 0 Å². The van der Waals surface area contributed by atoms with E-state index in [0.29, 0.717) is 30.2 Å². The van der Waals surface area contributed by atoms with E-state index in [1.54, 1.807) is 18.2 Å². The van der Waals surface area contributed by atoms with Crippen molar-refractivity contribution in [1.82, 2.24) is 0 Å². The SMILES string of the molecule is CCOc1ccc(CCC(=O)Nc2cccc([N+](=O)[O-])c2)cc1N. The van der Waals surface area contributed by atoms with E-state index in [1.165, 1.54) is 18.2 Å². The van der Waals surface area contributed by atoms with Gasteiger partial charge in [0.1, 0.15) is 5.75 Å². The number of benzene rings is 2. The van der Waals surface area contributed by atoms with Crippen molar-refractivity contribution < 1.29 is 14.5 Å².